The number of aliphatic carboxylic acids is 1. The number of carbonyl (C=O) groups is 1. The molecule has 5 rings (SSSR count). The minimum atomic E-state index is -4.83. The van der Waals surface area contributed by atoms with Crippen molar-refractivity contribution in [2.45, 2.75) is 31.5 Å². The number of hydrogen-bond acceptors (Lipinski definition) is 7. The summed E-state index contributed by atoms with van der Waals surface area (Å²) >= 11 is 12.0. The number of likely N-dealkylation sites (tertiary alicyclic amines) is 1. The molecule has 1 aliphatic rings. The Bertz CT molecular complexity index is 1540. The van der Waals surface area contributed by atoms with Gasteiger partial charge in [0, 0.05) is 30.1 Å². The highest BCUT2D eigenvalue weighted by Gasteiger charge is 2.41. The van der Waals surface area contributed by atoms with Crippen molar-refractivity contribution in [3.05, 3.63) is 70.0 Å². The van der Waals surface area contributed by atoms with Crippen LogP contribution in [0.3, 0.4) is 0 Å². The summed E-state index contributed by atoms with van der Waals surface area (Å²) in [7, 11) is 0. The summed E-state index contributed by atoms with van der Waals surface area (Å²) in [5.41, 5.74) is -0.489. The SMILES string of the molecule is O=C(O)C[C@H]1CCCN(C[C@H](O)c2ccc(-c3noc(-c4cnn(-c5ccc(Cl)cc5Cl)c4C(F)(F)F)n3)cc2)C1. The molecule has 1 fully saturated rings. The second-order valence-electron chi connectivity index (χ2n) is 9.84. The third-order valence-electron chi connectivity index (χ3n) is 6.88. The molecular formula is C27H24Cl2F3N5O4. The zero-order valence-corrected chi connectivity index (χ0v) is 22.9. The largest absolute Gasteiger partial charge is 0.481 e. The number of aliphatic hydroxyl groups excluding tert-OH is 1. The molecule has 9 nitrogen and oxygen atoms in total. The fourth-order valence-electron chi connectivity index (χ4n) is 5.00. The molecule has 3 heterocycles. The van der Waals surface area contributed by atoms with E-state index in [0.29, 0.717) is 28.9 Å². The highest BCUT2D eigenvalue weighted by molar-refractivity contribution is 6.35. The number of aliphatic hydroxyl groups is 1. The lowest BCUT2D eigenvalue weighted by Crippen LogP contribution is -2.38. The van der Waals surface area contributed by atoms with Crippen molar-refractivity contribution in [3.63, 3.8) is 0 Å². The number of halogens is 5. The molecule has 0 spiro atoms. The lowest BCUT2D eigenvalue weighted by molar-refractivity contribution is -0.142. The number of aromatic nitrogens is 4. The number of hydrogen-bond donors (Lipinski definition) is 2. The fourth-order valence-corrected chi connectivity index (χ4v) is 5.49. The van der Waals surface area contributed by atoms with Gasteiger partial charge in [-0.3, -0.25) is 4.79 Å². The van der Waals surface area contributed by atoms with Crippen LogP contribution in [-0.2, 0) is 11.0 Å². The molecule has 2 aromatic heterocycles. The van der Waals surface area contributed by atoms with Crippen LogP contribution in [0.4, 0.5) is 13.2 Å². The molecular weight excluding hydrogens is 586 g/mol. The maximum Gasteiger partial charge on any atom is 0.434 e. The van der Waals surface area contributed by atoms with Gasteiger partial charge in [-0.1, -0.05) is 52.6 Å². The van der Waals surface area contributed by atoms with Crippen molar-refractivity contribution in [2.75, 3.05) is 19.6 Å². The molecule has 4 aromatic rings. The summed E-state index contributed by atoms with van der Waals surface area (Å²) in [6.07, 6.45) is -2.84. The Morgan fingerprint density at radius 1 is 1.17 bits per heavy atom. The Hall–Kier alpha value is -3.45. The van der Waals surface area contributed by atoms with Crippen LogP contribution >= 0.6 is 23.2 Å². The van der Waals surface area contributed by atoms with Crippen molar-refractivity contribution in [1.29, 1.82) is 0 Å². The van der Waals surface area contributed by atoms with Gasteiger partial charge in [0.2, 0.25) is 5.82 Å². The van der Waals surface area contributed by atoms with Crippen molar-refractivity contribution >= 4 is 29.2 Å². The van der Waals surface area contributed by atoms with E-state index in [4.69, 9.17) is 32.8 Å². The number of β-amino-alcohol motifs (C(OH)–C–C–N with tert-alkyl or cyclic N) is 1. The van der Waals surface area contributed by atoms with Crippen LogP contribution in [0.2, 0.25) is 10.0 Å². The highest BCUT2D eigenvalue weighted by Crippen LogP contribution is 2.39. The van der Waals surface area contributed by atoms with Gasteiger partial charge in [0.25, 0.3) is 5.89 Å². The van der Waals surface area contributed by atoms with Crippen molar-refractivity contribution in [3.8, 4) is 28.5 Å². The van der Waals surface area contributed by atoms with Gasteiger partial charge in [0.15, 0.2) is 5.69 Å². The number of nitrogens with zero attached hydrogens (tertiary/aromatic N) is 5. The molecule has 2 atom stereocenters. The Kier molecular flexibility index (Phi) is 8.37. The predicted molar refractivity (Wildman–Crippen MR) is 144 cm³/mol. The average molecular weight is 610 g/mol. The quantitative estimate of drug-likeness (QED) is 0.245. The van der Waals surface area contributed by atoms with E-state index >= 15 is 0 Å². The molecule has 0 amide bonds. The fraction of sp³-hybridized carbons (Fsp3) is 0.333. The molecule has 41 heavy (non-hydrogen) atoms. The Balaban J connectivity index is 1.34. The first-order valence-corrected chi connectivity index (χ1v) is 13.4. The first-order valence-electron chi connectivity index (χ1n) is 12.7. The number of carboxylic acid groups (broad SMARTS) is 1. The van der Waals surface area contributed by atoms with Crippen LogP contribution in [0.25, 0.3) is 28.5 Å². The van der Waals surface area contributed by atoms with Crippen molar-refractivity contribution < 1.29 is 32.7 Å². The van der Waals surface area contributed by atoms with E-state index in [0.717, 1.165) is 25.6 Å². The van der Waals surface area contributed by atoms with Crippen LogP contribution < -0.4 is 0 Å². The molecule has 0 bridgehead atoms. The summed E-state index contributed by atoms with van der Waals surface area (Å²) in [6, 6.07) is 10.7. The minimum Gasteiger partial charge on any atom is -0.481 e. The molecule has 1 saturated heterocycles. The zero-order chi connectivity index (χ0) is 29.3. The lowest BCUT2D eigenvalue weighted by atomic mass is 9.94. The van der Waals surface area contributed by atoms with Crippen LogP contribution in [0.5, 0.6) is 0 Å². The number of rotatable bonds is 8. The molecule has 0 unspecified atom stereocenters. The lowest BCUT2D eigenvalue weighted by Gasteiger charge is -2.33. The van der Waals surface area contributed by atoms with Crippen LogP contribution in [-0.4, -0.2) is 60.6 Å². The van der Waals surface area contributed by atoms with E-state index < -0.39 is 29.5 Å². The molecule has 2 aromatic carbocycles. The molecule has 0 aliphatic carbocycles. The summed E-state index contributed by atoms with van der Waals surface area (Å²) in [6.45, 7) is 1.73. The summed E-state index contributed by atoms with van der Waals surface area (Å²) in [5, 5.41) is 27.8. The maximum atomic E-state index is 14.1. The zero-order valence-electron chi connectivity index (χ0n) is 21.4. The normalized spacial score (nSPS) is 17.1. The minimum absolute atomic E-state index is 0.0217. The van der Waals surface area contributed by atoms with Crippen LogP contribution in [0, 0.1) is 5.92 Å². The molecule has 1 aliphatic heterocycles. The van der Waals surface area contributed by atoms with Gasteiger partial charge >= 0.3 is 12.1 Å². The van der Waals surface area contributed by atoms with E-state index in [2.05, 4.69) is 20.1 Å². The summed E-state index contributed by atoms with van der Waals surface area (Å²) in [5.74, 6) is -1.10. The second-order valence-corrected chi connectivity index (χ2v) is 10.7. The Labute approximate surface area is 242 Å². The van der Waals surface area contributed by atoms with Gasteiger partial charge in [0.1, 0.15) is 0 Å². The molecule has 0 radical (unpaired) electrons. The first-order chi connectivity index (χ1) is 19.5. The number of benzene rings is 2. The molecule has 0 saturated carbocycles. The van der Waals surface area contributed by atoms with Gasteiger partial charge in [-0.25, -0.2) is 4.68 Å². The predicted octanol–water partition coefficient (Wildman–Crippen LogP) is 6.14. The molecule has 216 valence electrons. The van der Waals surface area contributed by atoms with Gasteiger partial charge in [-0.2, -0.15) is 23.3 Å². The average Bonchev–Trinajstić information content (AvgIpc) is 3.56. The van der Waals surface area contributed by atoms with Gasteiger partial charge in [-0.05, 0) is 49.1 Å². The summed E-state index contributed by atoms with van der Waals surface area (Å²) < 4.78 is 48.3. The first kappa shape index (κ1) is 29.1. The van der Waals surface area contributed by atoms with E-state index in [9.17, 15) is 23.1 Å². The third kappa shape index (κ3) is 6.56. The Morgan fingerprint density at radius 2 is 1.93 bits per heavy atom. The van der Waals surface area contributed by atoms with E-state index in [1.54, 1.807) is 24.3 Å². The van der Waals surface area contributed by atoms with Crippen molar-refractivity contribution in [1.82, 2.24) is 24.8 Å². The maximum absolute atomic E-state index is 14.1. The van der Waals surface area contributed by atoms with Gasteiger partial charge in [0.05, 0.1) is 28.6 Å². The number of carboxylic acids is 1. The van der Waals surface area contributed by atoms with E-state index in [1.165, 1.54) is 18.2 Å². The van der Waals surface area contributed by atoms with Gasteiger partial charge < -0.3 is 19.6 Å². The molecule has 14 heteroatoms. The van der Waals surface area contributed by atoms with E-state index in [-0.39, 0.29) is 39.8 Å². The standard InChI is InChI=1S/C27H24Cl2F3N5O4/c28-18-7-8-21(20(29)11-18)37-24(27(30,31)32)19(12-33-37)26-34-25(35-41-26)17-5-3-16(4-6-17)22(38)14-36-9-1-2-15(13-36)10-23(39)40/h3-8,11-12,15,22,38H,1-2,9-10,13-14H2,(H,39,40)/t15-,22+/m1/s1. The topological polar surface area (TPSA) is 118 Å². The Morgan fingerprint density at radius 3 is 2.61 bits per heavy atom. The van der Waals surface area contributed by atoms with E-state index in [1.807, 2.05) is 0 Å². The van der Waals surface area contributed by atoms with Gasteiger partial charge in [-0.15, -0.1) is 0 Å². The van der Waals surface area contributed by atoms with Crippen LogP contribution in [0.1, 0.15) is 36.6 Å². The second kappa shape index (κ2) is 11.8. The third-order valence-corrected chi connectivity index (χ3v) is 7.42. The monoisotopic (exact) mass is 609 g/mol. The number of piperidine rings is 1. The molecule has 2 N–H and O–H groups in total. The highest BCUT2D eigenvalue weighted by atomic mass is 35.5. The summed E-state index contributed by atoms with van der Waals surface area (Å²) in [4.78, 5) is 17.3. The smallest absolute Gasteiger partial charge is 0.434 e. The van der Waals surface area contributed by atoms with Crippen LogP contribution in [0.15, 0.2) is 53.2 Å². The number of alkyl halides is 3. The van der Waals surface area contributed by atoms with Crippen molar-refractivity contribution in [2.24, 2.45) is 5.92 Å².